The lowest BCUT2D eigenvalue weighted by Crippen LogP contribution is -2.03. The summed E-state index contributed by atoms with van der Waals surface area (Å²) in [6.07, 6.45) is 3.02. The number of aromatic nitrogens is 5. The number of nitrogens with zero attached hydrogens (tertiary/aromatic N) is 5. The van der Waals surface area contributed by atoms with Crippen molar-refractivity contribution >= 4 is 17.0 Å². The van der Waals surface area contributed by atoms with E-state index < -0.39 is 0 Å². The molecule has 0 aliphatic carbocycles. The van der Waals surface area contributed by atoms with Crippen LogP contribution in [0.4, 0.5) is 5.69 Å². The van der Waals surface area contributed by atoms with Gasteiger partial charge in [-0.1, -0.05) is 17.3 Å². The van der Waals surface area contributed by atoms with Gasteiger partial charge in [0, 0.05) is 30.5 Å². The molecule has 0 fully saturated rings. The van der Waals surface area contributed by atoms with E-state index in [1.807, 2.05) is 16.8 Å². The summed E-state index contributed by atoms with van der Waals surface area (Å²) in [5.74, 6) is 3.37. The van der Waals surface area contributed by atoms with Crippen LogP contribution in [0, 0.1) is 0 Å². The summed E-state index contributed by atoms with van der Waals surface area (Å²) in [6, 6.07) is 10.3. The van der Waals surface area contributed by atoms with Gasteiger partial charge in [0.05, 0.1) is 12.1 Å². The van der Waals surface area contributed by atoms with Crippen molar-refractivity contribution in [3.05, 3.63) is 64.1 Å². The molecule has 0 atom stereocenters. The Kier molecular flexibility index (Phi) is 4.17. The standard InChI is InChI=1S/C19H18N6OS/c1-2-17-22-23-18(25(17)8-1)10-13-3-5-15(6-4-13)20-11-16-21-19(26-24-16)14-7-9-27-12-14/h3-7,9,12,20H,1-2,8,10-11H2. The van der Waals surface area contributed by atoms with Crippen LogP contribution in [0.2, 0.25) is 0 Å². The molecule has 4 aromatic rings. The van der Waals surface area contributed by atoms with Crippen LogP contribution in [-0.4, -0.2) is 24.9 Å². The Hall–Kier alpha value is -3.00. The van der Waals surface area contributed by atoms with Gasteiger partial charge in [-0.25, -0.2) is 0 Å². The summed E-state index contributed by atoms with van der Waals surface area (Å²) in [5.41, 5.74) is 3.21. The van der Waals surface area contributed by atoms with Gasteiger partial charge >= 0.3 is 0 Å². The first-order chi connectivity index (χ1) is 13.3. The van der Waals surface area contributed by atoms with E-state index >= 15 is 0 Å². The molecule has 4 heterocycles. The number of hydrogen-bond acceptors (Lipinski definition) is 7. The fourth-order valence-corrected chi connectivity index (χ4v) is 3.90. The zero-order chi connectivity index (χ0) is 18.1. The van der Waals surface area contributed by atoms with E-state index in [0.717, 1.165) is 42.3 Å². The van der Waals surface area contributed by atoms with Crippen LogP contribution < -0.4 is 5.32 Å². The van der Waals surface area contributed by atoms with Crippen molar-refractivity contribution in [3.8, 4) is 11.5 Å². The van der Waals surface area contributed by atoms with E-state index in [9.17, 15) is 0 Å². The molecule has 0 saturated carbocycles. The monoisotopic (exact) mass is 378 g/mol. The minimum Gasteiger partial charge on any atom is -0.378 e. The lowest BCUT2D eigenvalue weighted by atomic mass is 10.1. The van der Waals surface area contributed by atoms with E-state index in [1.54, 1.807) is 11.3 Å². The third kappa shape index (κ3) is 3.35. The molecule has 3 aromatic heterocycles. The Balaban J connectivity index is 1.21. The summed E-state index contributed by atoms with van der Waals surface area (Å²) in [7, 11) is 0. The summed E-state index contributed by atoms with van der Waals surface area (Å²) >= 11 is 1.61. The number of aryl methyl sites for hydroxylation is 1. The van der Waals surface area contributed by atoms with Crippen molar-refractivity contribution < 1.29 is 4.52 Å². The van der Waals surface area contributed by atoms with Crippen LogP contribution in [0.5, 0.6) is 0 Å². The normalized spacial score (nSPS) is 13.0. The van der Waals surface area contributed by atoms with Crippen LogP contribution in [0.25, 0.3) is 11.5 Å². The molecule has 5 rings (SSSR count). The molecule has 0 amide bonds. The molecule has 1 N–H and O–H groups in total. The van der Waals surface area contributed by atoms with Crippen molar-refractivity contribution in [2.24, 2.45) is 0 Å². The number of nitrogens with one attached hydrogen (secondary N) is 1. The maximum atomic E-state index is 5.30. The average molecular weight is 378 g/mol. The smallest absolute Gasteiger partial charge is 0.258 e. The maximum absolute atomic E-state index is 5.30. The van der Waals surface area contributed by atoms with Gasteiger partial charge in [0.25, 0.3) is 5.89 Å². The molecule has 8 heteroatoms. The van der Waals surface area contributed by atoms with Crippen LogP contribution >= 0.6 is 11.3 Å². The van der Waals surface area contributed by atoms with Crippen molar-refractivity contribution in [2.45, 2.75) is 32.4 Å². The van der Waals surface area contributed by atoms with Gasteiger partial charge < -0.3 is 14.4 Å². The molecular formula is C19H18N6OS. The second-order valence-electron chi connectivity index (χ2n) is 6.54. The first kappa shape index (κ1) is 16.2. The Bertz CT molecular complexity index is 1030. The highest BCUT2D eigenvalue weighted by atomic mass is 32.1. The Morgan fingerprint density at radius 2 is 2.07 bits per heavy atom. The molecule has 1 aromatic carbocycles. The number of hydrogen-bond donors (Lipinski definition) is 1. The number of thiophene rings is 1. The van der Waals surface area contributed by atoms with Gasteiger partial charge in [0.1, 0.15) is 11.6 Å². The van der Waals surface area contributed by atoms with E-state index in [2.05, 4.69) is 54.5 Å². The molecular weight excluding hydrogens is 360 g/mol. The highest BCUT2D eigenvalue weighted by Gasteiger charge is 2.17. The van der Waals surface area contributed by atoms with E-state index in [1.165, 1.54) is 12.0 Å². The maximum Gasteiger partial charge on any atom is 0.258 e. The minimum atomic E-state index is 0.519. The Morgan fingerprint density at radius 3 is 2.93 bits per heavy atom. The van der Waals surface area contributed by atoms with Crippen LogP contribution in [0.15, 0.2) is 45.6 Å². The Morgan fingerprint density at radius 1 is 1.15 bits per heavy atom. The van der Waals surface area contributed by atoms with Crippen molar-refractivity contribution in [1.29, 1.82) is 0 Å². The van der Waals surface area contributed by atoms with E-state index in [0.29, 0.717) is 18.3 Å². The molecule has 0 unspecified atom stereocenters. The third-order valence-electron chi connectivity index (χ3n) is 4.69. The fraction of sp³-hybridized carbons (Fsp3) is 0.263. The zero-order valence-electron chi connectivity index (χ0n) is 14.6. The van der Waals surface area contributed by atoms with Gasteiger partial charge in [0.2, 0.25) is 0 Å². The molecule has 136 valence electrons. The SMILES string of the molecule is c1cc(-c2nc(CNc3ccc(Cc4nnc5n4CCC5)cc3)no2)cs1. The second kappa shape index (κ2) is 6.96. The summed E-state index contributed by atoms with van der Waals surface area (Å²) in [6.45, 7) is 1.56. The molecule has 0 radical (unpaired) electrons. The molecule has 0 spiro atoms. The highest BCUT2D eigenvalue weighted by Crippen LogP contribution is 2.21. The lowest BCUT2D eigenvalue weighted by molar-refractivity contribution is 0.423. The molecule has 0 saturated heterocycles. The fourth-order valence-electron chi connectivity index (χ4n) is 3.27. The average Bonchev–Trinajstić information content (AvgIpc) is 3.46. The topological polar surface area (TPSA) is 81.7 Å². The highest BCUT2D eigenvalue weighted by molar-refractivity contribution is 7.08. The Labute approximate surface area is 160 Å². The minimum absolute atomic E-state index is 0.519. The first-order valence-corrected chi connectivity index (χ1v) is 9.88. The third-order valence-corrected chi connectivity index (χ3v) is 5.37. The molecule has 27 heavy (non-hydrogen) atoms. The lowest BCUT2D eigenvalue weighted by Gasteiger charge is -2.06. The predicted molar refractivity (Wildman–Crippen MR) is 103 cm³/mol. The largest absolute Gasteiger partial charge is 0.378 e. The van der Waals surface area contributed by atoms with Crippen LogP contribution in [0.3, 0.4) is 0 Å². The number of benzene rings is 1. The van der Waals surface area contributed by atoms with Crippen molar-refractivity contribution in [1.82, 2.24) is 24.9 Å². The van der Waals surface area contributed by atoms with Gasteiger partial charge in [-0.2, -0.15) is 16.3 Å². The molecule has 1 aliphatic heterocycles. The predicted octanol–water partition coefficient (Wildman–Crippen LogP) is 3.54. The molecule has 1 aliphatic rings. The molecule has 0 bridgehead atoms. The number of anilines is 1. The van der Waals surface area contributed by atoms with Crippen LogP contribution in [0.1, 0.15) is 29.5 Å². The van der Waals surface area contributed by atoms with Crippen molar-refractivity contribution in [3.63, 3.8) is 0 Å². The van der Waals surface area contributed by atoms with E-state index in [-0.39, 0.29) is 0 Å². The number of rotatable bonds is 6. The van der Waals surface area contributed by atoms with Gasteiger partial charge in [-0.3, -0.25) is 0 Å². The summed E-state index contributed by atoms with van der Waals surface area (Å²) < 4.78 is 7.55. The number of fused-ring (bicyclic) bond motifs is 1. The summed E-state index contributed by atoms with van der Waals surface area (Å²) in [4.78, 5) is 4.42. The van der Waals surface area contributed by atoms with Gasteiger partial charge in [0.15, 0.2) is 5.82 Å². The van der Waals surface area contributed by atoms with Crippen molar-refractivity contribution in [2.75, 3.05) is 5.32 Å². The van der Waals surface area contributed by atoms with E-state index in [4.69, 9.17) is 4.52 Å². The molecule has 7 nitrogen and oxygen atoms in total. The quantitative estimate of drug-likeness (QED) is 0.553. The summed E-state index contributed by atoms with van der Waals surface area (Å²) in [5, 5.41) is 19.9. The van der Waals surface area contributed by atoms with Crippen LogP contribution in [-0.2, 0) is 25.9 Å². The second-order valence-corrected chi connectivity index (χ2v) is 7.32. The zero-order valence-corrected chi connectivity index (χ0v) is 15.4. The van der Waals surface area contributed by atoms with Gasteiger partial charge in [-0.15, -0.1) is 10.2 Å². The van der Waals surface area contributed by atoms with Gasteiger partial charge in [-0.05, 0) is 35.6 Å². The first-order valence-electron chi connectivity index (χ1n) is 8.94.